The normalized spacial score (nSPS) is 10.2. The number of aromatic nitrogens is 2. The molecule has 2 amide bonds. The highest BCUT2D eigenvalue weighted by Gasteiger charge is 2.05. The minimum atomic E-state index is -0.757. The number of aryl methyl sites for hydroxylation is 1. The molecule has 0 radical (unpaired) electrons. The number of carbonyl (C=O) groups excluding carboxylic acids is 1. The molecule has 1 aromatic heterocycles. The summed E-state index contributed by atoms with van der Waals surface area (Å²) in [4.78, 5) is 20.2. The fourth-order valence-electron chi connectivity index (χ4n) is 2.06. The first kappa shape index (κ1) is 18.4. The summed E-state index contributed by atoms with van der Waals surface area (Å²) in [7, 11) is 0. The van der Waals surface area contributed by atoms with E-state index in [1.54, 1.807) is 6.07 Å². The molecule has 0 aliphatic heterocycles. The zero-order chi connectivity index (χ0) is 18.2. The van der Waals surface area contributed by atoms with Gasteiger partial charge in [0.1, 0.15) is 17.5 Å². The zero-order valence-corrected chi connectivity index (χ0v) is 14.0. The fourth-order valence-corrected chi connectivity index (χ4v) is 2.06. The lowest BCUT2D eigenvalue weighted by Crippen LogP contribution is -2.32. The summed E-state index contributed by atoms with van der Waals surface area (Å²) < 4.78 is 26.1. The Morgan fingerprint density at radius 1 is 1.04 bits per heavy atom. The first-order chi connectivity index (χ1) is 12.0. The first-order valence-corrected chi connectivity index (χ1v) is 7.80. The van der Waals surface area contributed by atoms with Crippen LogP contribution in [0.3, 0.4) is 0 Å². The number of hydrogen-bond donors (Lipinski definition) is 4. The van der Waals surface area contributed by atoms with Crippen molar-refractivity contribution in [3.63, 3.8) is 0 Å². The van der Waals surface area contributed by atoms with E-state index in [1.807, 2.05) is 13.8 Å². The van der Waals surface area contributed by atoms with Gasteiger partial charge in [-0.2, -0.15) is 4.98 Å². The van der Waals surface area contributed by atoms with Gasteiger partial charge in [-0.05, 0) is 26.0 Å². The molecule has 0 bridgehead atoms. The van der Waals surface area contributed by atoms with E-state index in [4.69, 9.17) is 0 Å². The van der Waals surface area contributed by atoms with Crippen LogP contribution >= 0.6 is 0 Å². The van der Waals surface area contributed by atoms with Crippen LogP contribution in [0.1, 0.15) is 12.6 Å². The number of benzene rings is 1. The molecule has 2 rings (SSSR count). The van der Waals surface area contributed by atoms with Crippen LogP contribution < -0.4 is 21.3 Å². The number of hydrogen-bond acceptors (Lipinski definition) is 5. The molecule has 7 nitrogen and oxygen atoms in total. The van der Waals surface area contributed by atoms with Crippen LogP contribution in [0.2, 0.25) is 0 Å². The molecular weight excluding hydrogens is 330 g/mol. The number of amides is 2. The summed E-state index contributed by atoms with van der Waals surface area (Å²) in [5.74, 6) is -0.345. The second-order valence-electron chi connectivity index (χ2n) is 5.21. The van der Waals surface area contributed by atoms with Gasteiger partial charge in [-0.15, -0.1) is 0 Å². The second-order valence-corrected chi connectivity index (χ2v) is 5.21. The minimum absolute atomic E-state index is 0.0460. The standard InChI is InChI=1S/C16H20F2N6O/c1-3-19-15-22-10(2)6-14(24-15)20-4-5-21-16(25)23-13-8-11(17)7-12(18)9-13/h6-9H,3-5H2,1-2H3,(H2,21,23,25)(H2,19,20,22,24). The van der Waals surface area contributed by atoms with Crippen molar-refractivity contribution in [2.24, 2.45) is 0 Å². The predicted molar refractivity (Wildman–Crippen MR) is 92.8 cm³/mol. The monoisotopic (exact) mass is 350 g/mol. The molecule has 0 fully saturated rings. The van der Waals surface area contributed by atoms with E-state index in [0.717, 1.165) is 23.9 Å². The van der Waals surface area contributed by atoms with E-state index in [1.165, 1.54) is 0 Å². The highest BCUT2D eigenvalue weighted by molar-refractivity contribution is 5.89. The van der Waals surface area contributed by atoms with Gasteiger partial charge in [0.2, 0.25) is 5.95 Å². The van der Waals surface area contributed by atoms with E-state index in [2.05, 4.69) is 31.2 Å². The van der Waals surface area contributed by atoms with Crippen molar-refractivity contribution in [2.45, 2.75) is 13.8 Å². The maximum atomic E-state index is 13.1. The average Bonchev–Trinajstić information content (AvgIpc) is 2.50. The molecule has 0 spiro atoms. The molecule has 9 heteroatoms. The van der Waals surface area contributed by atoms with E-state index in [0.29, 0.717) is 31.4 Å². The number of rotatable bonds is 7. The van der Waals surface area contributed by atoms with E-state index in [-0.39, 0.29) is 5.69 Å². The Morgan fingerprint density at radius 2 is 1.76 bits per heavy atom. The van der Waals surface area contributed by atoms with Crippen LogP contribution in [-0.2, 0) is 0 Å². The van der Waals surface area contributed by atoms with Crippen LogP contribution in [0.25, 0.3) is 0 Å². The Hall–Kier alpha value is -2.97. The highest BCUT2D eigenvalue weighted by Crippen LogP contribution is 2.12. The Bertz CT molecular complexity index is 720. The lowest BCUT2D eigenvalue weighted by atomic mass is 10.3. The van der Waals surface area contributed by atoms with Crippen molar-refractivity contribution in [2.75, 3.05) is 35.6 Å². The zero-order valence-electron chi connectivity index (χ0n) is 14.0. The maximum Gasteiger partial charge on any atom is 0.319 e. The summed E-state index contributed by atoms with van der Waals surface area (Å²) in [6.45, 7) is 5.24. The molecule has 25 heavy (non-hydrogen) atoms. The summed E-state index contributed by atoms with van der Waals surface area (Å²) >= 11 is 0. The molecule has 2 aromatic rings. The van der Waals surface area contributed by atoms with Crippen molar-refractivity contribution in [1.29, 1.82) is 0 Å². The molecule has 0 unspecified atom stereocenters. The third-order valence-electron chi connectivity index (χ3n) is 3.03. The van der Waals surface area contributed by atoms with Gasteiger partial charge in [0.05, 0.1) is 0 Å². The molecule has 134 valence electrons. The van der Waals surface area contributed by atoms with Gasteiger partial charge in [0.25, 0.3) is 0 Å². The van der Waals surface area contributed by atoms with E-state index >= 15 is 0 Å². The number of urea groups is 1. The first-order valence-electron chi connectivity index (χ1n) is 7.80. The van der Waals surface area contributed by atoms with Gasteiger partial charge in [-0.3, -0.25) is 0 Å². The molecule has 1 aromatic carbocycles. The topological polar surface area (TPSA) is 91.0 Å². The molecule has 0 aliphatic rings. The largest absolute Gasteiger partial charge is 0.368 e. The summed E-state index contributed by atoms with van der Waals surface area (Å²) in [6, 6.07) is 4.04. The van der Waals surface area contributed by atoms with Crippen LogP contribution in [0.5, 0.6) is 0 Å². The van der Waals surface area contributed by atoms with Crippen LogP contribution in [0.4, 0.5) is 31.0 Å². The SMILES string of the molecule is CCNc1nc(C)cc(NCCNC(=O)Nc2cc(F)cc(F)c2)n1. The lowest BCUT2D eigenvalue weighted by Gasteiger charge is -2.10. The predicted octanol–water partition coefficient (Wildman–Crippen LogP) is 2.73. The number of halogens is 2. The van der Waals surface area contributed by atoms with Gasteiger partial charge in [0, 0.05) is 43.1 Å². The Kier molecular flexibility index (Phi) is 6.44. The van der Waals surface area contributed by atoms with E-state index < -0.39 is 17.7 Å². The van der Waals surface area contributed by atoms with Gasteiger partial charge in [0.15, 0.2) is 0 Å². The Morgan fingerprint density at radius 3 is 2.44 bits per heavy atom. The van der Waals surface area contributed by atoms with Crippen LogP contribution in [0, 0.1) is 18.6 Å². The summed E-state index contributed by atoms with van der Waals surface area (Å²) in [5, 5.41) is 11.0. The average molecular weight is 350 g/mol. The highest BCUT2D eigenvalue weighted by atomic mass is 19.1. The second kappa shape index (κ2) is 8.76. The van der Waals surface area contributed by atoms with Crippen molar-refractivity contribution in [1.82, 2.24) is 15.3 Å². The summed E-state index contributed by atoms with van der Waals surface area (Å²) in [6.07, 6.45) is 0. The van der Waals surface area contributed by atoms with E-state index in [9.17, 15) is 13.6 Å². The van der Waals surface area contributed by atoms with Crippen molar-refractivity contribution in [3.05, 3.63) is 41.6 Å². The smallest absolute Gasteiger partial charge is 0.319 e. The molecule has 4 N–H and O–H groups in total. The van der Waals surface area contributed by atoms with Crippen LogP contribution in [-0.4, -0.2) is 35.6 Å². The molecule has 1 heterocycles. The van der Waals surface area contributed by atoms with Crippen molar-refractivity contribution < 1.29 is 13.6 Å². The third kappa shape index (κ3) is 6.21. The third-order valence-corrected chi connectivity index (χ3v) is 3.03. The molecule has 0 saturated heterocycles. The quantitative estimate of drug-likeness (QED) is 0.577. The Labute approximate surface area is 144 Å². The fraction of sp³-hybridized carbons (Fsp3) is 0.312. The summed E-state index contributed by atoms with van der Waals surface area (Å²) in [5.41, 5.74) is 0.858. The number of nitrogens with zero attached hydrogens (tertiary/aromatic N) is 2. The number of anilines is 3. The maximum absolute atomic E-state index is 13.1. The van der Waals surface area contributed by atoms with Gasteiger partial charge >= 0.3 is 6.03 Å². The minimum Gasteiger partial charge on any atom is -0.368 e. The number of nitrogens with one attached hydrogen (secondary N) is 4. The molecule has 0 atom stereocenters. The lowest BCUT2D eigenvalue weighted by molar-refractivity contribution is 0.252. The van der Waals surface area contributed by atoms with Gasteiger partial charge in [-0.25, -0.2) is 18.6 Å². The van der Waals surface area contributed by atoms with Crippen LogP contribution in [0.15, 0.2) is 24.3 Å². The van der Waals surface area contributed by atoms with Gasteiger partial charge in [-0.1, -0.05) is 0 Å². The molecular formula is C16H20F2N6O. The van der Waals surface area contributed by atoms with Gasteiger partial charge < -0.3 is 21.3 Å². The van der Waals surface area contributed by atoms with Crippen molar-refractivity contribution in [3.8, 4) is 0 Å². The molecule has 0 saturated carbocycles. The van der Waals surface area contributed by atoms with Crippen molar-refractivity contribution >= 4 is 23.5 Å². The molecule has 0 aliphatic carbocycles. The number of carbonyl (C=O) groups is 1. The Balaban J connectivity index is 1.78.